The number of rotatable bonds is 3. The molecular weight excluding hydrogens is 379 g/mol. The minimum atomic E-state index is 0. The monoisotopic (exact) mass is 398 g/mol. The summed E-state index contributed by atoms with van der Waals surface area (Å²) >= 11 is 1.76. The highest BCUT2D eigenvalue weighted by atomic mass is 35.5. The first-order chi connectivity index (χ1) is 11.3. The maximum absolute atomic E-state index is 4.55. The van der Waals surface area contributed by atoms with Crippen molar-refractivity contribution in [1.82, 2.24) is 19.9 Å². The first-order valence-corrected chi connectivity index (χ1v) is 8.67. The zero-order valence-corrected chi connectivity index (χ0v) is 16.3. The van der Waals surface area contributed by atoms with Gasteiger partial charge in [-0.1, -0.05) is 6.92 Å². The zero-order chi connectivity index (χ0) is 15.6. The third-order valence-corrected chi connectivity index (χ3v) is 5.31. The van der Waals surface area contributed by atoms with E-state index in [0.717, 1.165) is 49.2 Å². The Bertz CT molecular complexity index is 805. The topological polar surface area (TPSA) is 58.0 Å². The van der Waals surface area contributed by atoms with Crippen molar-refractivity contribution in [3.8, 4) is 0 Å². The van der Waals surface area contributed by atoms with Gasteiger partial charge in [-0.3, -0.25) is 0 Å². The molecule has 1 aliphatic rings. The molecule has 4 rings (SSSR count). The van der Waals surface area contributed by atoms with Crippen LogP contribution >= 0.6 is 36.2 Å². The Hall–Kier alpha value is -1.70. The first-order valence-electron chi connectivity index (χ1n) is 7.85. The molecule has 0 aromatic carbocycles. The van der Waals surface area contributed by atoms with E-state index in [1.54, 1.807) is 30.1 Å². The molecule has 0 radical (unpaired) electrons. The van der Waals surface area contributed by atoms with Gasteiger partial charge in [0.2, 0.25) is 5.95 Å². The van der Waals surface area contributed by atoms with E-state index in [-0.39, 0.29) is 24.8 Å². The largest absolute Gasteiger partial charge is 0.352 e. The van der Waals surface area contributed by atoms with Crippen LogP contribution in [0.4, 0.5) is 11.8 Å². The van der Waals surface area contributed by atoms with Gasteiger partial charge in [0.05, 0.1) is 5.39 Å². The second-order valence-electron chi connectivity index (χ2n) is 5.51. The summed E-state index contributed by atoms with van der Waals surface area (Å²) < 4.78 is 0. The van der Waals surface area contributed by atoms with Crippen LogP contribution in [0.1, 0.15) is 11.8 Å². The minimum Gasteiger partial charge on any atom is -0.352 e. The van der Waals surface area contributed by atoms with E-state index in [1.165, 1.54) is 10.3 Å². The highest BCUT2D eigenvalue weighted by molar-refractivity contribution is 7.18. The number of aryl methyl sites for hydroxylation is 1. The summed E-state index contributed by atoms with van der Waals surface area (Å²) in [5, 5.41) is 1.18. The lowest BCUT2D eigenvalue weighted by atomic mass is 10.2. The van der Waals surface area contributed by atoms with Gasteiger partial charge >= 0.3 is 0 Å². The average Bonchev–Trinajstić information content (AvgIpc) is 3.06. The Morgan fingerprint density at radius 2 is 1.64 bits per heavy atom. The third-order valence-electron chi connectivity index (χ3n) is 4.12. The summed E-state index contributed by atoms with van der Waals surface area (Å²) in [6.45, 7) is 5.82. The van der Waals surface area contributed by atoms with E-state index in [9.17, 15) is 0 Å². The molecule has 0 aliphatic carbocycles. The van der Waals surface area contributed by atoms with Crippen molar-refractivity contribution in [3.05, 3.63) is 35.7 Å². The van der Waals surface area contributed by atoms with Gasteiger partial charge in [0.25, 0.3) is 0 Å². The number of halogens is 2. The molecule has 9 heteroatoms. The maximum Gasteiger partial charge on any atom is 0.225 e. The molecule has 25 heavy (non-hydrogen) atoms. The summed E-state index contributed by atoms with van der Waals surface area (Å²) in [6, 6.07) is 4.08. The maximum atomic E-state index is 4.55. The zero-order valence-electron chi connectivity index (χ0n) is 13.8. The number of fused-ring (bicyclic) bond motifs is 1. The van der Waals surface area contributed by atoms with E-state index < -0.39 is 0 Å². The van der Waals surface area contributed by atoms with Crippen molar-refractivity contribution in [2.24, 2.45) is 0 Å². The SMILES string of the molecule is CCc1cc2c(N3CCN(c4ncccn4)CC3)ncnc2s1.Cl.Cl. The molecule has 0 bridgehead atoms. The molecule has 1 aliphatic heterocycles. The van der Waals surface area contributed by atoms with Gasteiger partial charge < -0.3 is 9.80 Å². The fraction of sp³-hybridized carbons (Fsp3) is 0.375. The second kappa shape index (κ2) is 8.60. The standard InChI is InChI=1S/C16H18N6S.2ClH/c1-2-12-10-13-14(19-11-20-15(13)23-12)21-6-8-22(9-7-21)16-17-4-3-5-18-16;;/h3-5,10-11H,2,6-9H2,1H3;2*1H. The Morgan fingerprint density at radius 1 is 0.960 bits per heavy atom. The van der Waals surface area contributed by atoms with Gasteiger partial charge in [0.1, 0.15) is 17.0 Å². The molecule has 3 aromatic heterocycles. The van der Waals surface area contributed by atoms with Crippen LogP contribution in [0.2, 0.25) is 0 Å². The molecule has 0 atom stereocenters. The van der Waals surface area contributed by atoms with Crippen LogP contribution in [0.15, 0.2) is 30.9 Å². The quantitative estimate of drug-likeness (QED) is 0.674. The summed E-state index contributed by atoms with van der Waals surface area (Å²) in [6.07, 6.45) is 6.31. The highest BCUT2D eigenvalue weighted by Crippen LogP contribution is 2.31. The predicted octanol–water partition coefficient (Wildman–Crippen LogP) is 3.21. The fourth-order valence-corrected chi connectivity index (χ4v) is 3.82. The van der Waals surface area contributed by atoms with E-state index in [4.69, 9.17) is 0 Å². The summed E-state index contributed by atoms with van der Waals surface area (Å²) in [7, 11) is 0. The number of aromatic nitrogens is 4. The Kier molecular flexibility index (Phi) is 6.75. The van der Waals surface area contributed by atoms with Crippen LogP contribution in [0.25, 0.3) is 10.2 Å². The van der Waals surface area contributed by atoms with E-state index in [2.05, 4.69) is 42.7 Å². The molecule has 0 N–H and O–H groups in total. The number of piperazine rings is 1. The molecule has 1 fully saturated rings. The Labute approximate surface area is 163 Å². The van der Waals surface area contributed by atoms with Gasteiger partial charge in [-0.2, -0.15) is 0 Å². The van der Waals surface area contributed by atoms with E-state index in [0.29, 0.717) is 0 Å². The molecule has 0 unspecified atom stereocenters. The molecule has 0 spiro atoms. The average molecular weight is 399 g/mol. The van der Waals surface area contributed by atoms with E-state index in [1.807, 2.05) is 6.07 Å². The smallest absolute Gasteiger partial charge is 0.225 e. The summed E-state index contributed by atoms with van der Waals surface area (Å²) in [5.41, 5.74) is 0. The third kappa shape index (κ3) is 3.94. The van der Waals surface area contributed by atoms with Crippen molar-refractivity contribution < 1.29 is 0 Å². The van der Waals surface area contributed by atoms with Gasteiger partial charge in [0, 0.05) is 43.4 Å². The lowest BCUT2D eigenvalue weighted by Crippen LogP contribution is -2.47. The minimum absolute atomic E-state index is 0. The number of hydrogen-bond acceptors (Lipinski definition) is 7. The van der Waals surface area contributed by atoms with Gasteiger partial charge in [-0.25, -0.2) is 19.9 Å². The Balaban J connectivity index is 0.00000113. The van der Waals surface area contributed by atoms with E-state index >= 15 is 0 Å². The van der Waals surface area contributed by atoms with Crippen LogP contribution in [0.3, 0.4) is 0 Å². The first kappa shape index (κ1) is 19.6. The van der Waals surface area contributed by atoms with Crippen LogP contribution in [0.5, 0.6) is 0 Å². The molecular formula is C16H20Cl2N6S. The van der Waals surface area contributed by atoms with Crippen molar-refractivity contribution in [3.63, 3.8) is 0 Å². The number of thiophene rings is 1. The number of hydrogen-bond donors (Lipinski definition) is 0. The predicted molar refractivity (Wildman–Crippen MR) is 108 cm³/mol. The molecule has 0 amide bonds. The summed E-state index contributed by atoms with van der Waals surface area (Å²) in [5.74, 6) is 1.86. The molecule has 6 nitrogen and oxygen atoms in total. The number of anilines is 2. The van der Waals surface area contributed by atoms with Crippen LogP contribution < -0.4 is 9.80 Å². The van der Waals surface area contributed by atoms with Gasteiger partial charge in [-0.05, 0) is 18.6 Å². The van der Waals surface area contributed by atoms with Crippen LogP contribution in [-0.2, 0) is 6.42 Å². The Morgan fingerprint density at radius 3 is 2.32 bits per heavy atom. The van der Waals surface area contributed by atoms with Crippen LogP contribution in [0, 0.1) is 0 Å². The second-order valence-corrected chi connectivity index (χ2v) is 6.62. The van der Waals surface area contributed by atoms with Gasteiger partial charge in [-0.15, -0.1) is 36.2 Å². The summed E-state index contributed by atoms with van der Waals surface area (Å²) in [4.78, 5) is 24.6. The molecule has 134 valence electrons. The lowest BCUT2D eigenvalue weighted by molar-refractivity contribution is 0.636. The van der Waals surface area contributed by atoms with Crippen molar-refractivity contribution in [2.45, 2.75) is 13.3 Å². The molecule has 1 saturated heterocycles. The highest BCUT2D eigenvalue weighted by Gasteiger charge is 2.22. The van der Waals surface area contributed by atoms with Gasteiger partial charge in [0.15, 0.2) is 0 Å². The van der Waals surface area contributed by atoms with Crippen LogP contribution in [-0.4, -0.2) is 46.1 Å². The molecule has 0 saturated carbocycles. The molecule has 4 heterocycles. The number of nitrogens with zero attached hydrogens (tertiary/aromatic N) is 6. The van der Waals surface area contributed by atoms with Crippen molar-refractivity contribution in [1.29, 1.82) is 0 Å². The normalized spacial score (nSPS) is 14.1. The fourth-order valence-electron chi connectivity index (χ4n) is 2.89. The van der Waals surface area contributed by atoms with Crippen molar-refractivity contribution >= 4 is 58.1 Å². The lowest BCUT2D eigenvalue weighted by Gasteiger charge is -2.35. The van der Waals surface area contributed by atoms with Crippen molar-refractivity contribution in [2.75, 3.05) is 36.0 Å². The molecule has 3 aromatic rings.